The summed E-state index contributed by atoms with van der Waals surface area (Å²) in [4.78, 5) is 2.55. The quantitative estimate of drug-likeness (QED) is 0.894. The van der Waals surface area contributed by atoms with Gasteiger partial charge < -0.3 is 19.7 Å². The monoisotopic (exact) mass is 338 g/mol. The number of hydrogen-bond acceptors (Lipinski definition) is 4. The number of piperidine rings is 1. The predicted octanol–water partition coefficient (Wildman–Crippen LogP) is 3.12. The zero-order chi connectivity index (χ0) is 16.2. The van der Waals surface area contributed by atoms with Crippen molar-refractivity contribution in [3.8, 4) is 11.5 Å². The molecule has 0 radical (unpaired) electrons. The highest BCUT2D eigenvalue weighted by Gasteiger charge is 2.20. The number of fused-ring (bicyclic) bond motifs is 1. The zero-order valence-electron chi connectivity index (χ0n) is 14.1. The van der Waals surface area contributed by atoms with Crippen molar-refractivity contribution in [2.45, 2.75) is 45.2 Å². The van der Waals surface area contributed by atoms with E-state index in [2.05, 4.69) is 30.1 Å². The van der Waals surface area contributed by atoms with E-state index in [-0.39, 0.29) is 0 Å². The van der Waals surface area contributed by atoms with Gasteiger partial charge in [-0.1, -0.05) is 11.6 Å². The number of rotatable bonds is 5. The van der Waals surface area contributed by atoms with Crippen LogP contribution in [0.5, 0.6) is 11.5 Å². The van der Waals surface area contributed by atoms with Crippen LogP contribution in [0, 0.1) is 0 Å². The Morgan fingerprint density at radius 1 is 1.22 bits per heavy atom. The molecule has 0 unspecified atom stereocenters. The fourth-order valence-corrected chi connectivity index (χ4v) is 3.64. The van der Waals surface area contributed by atoms with E-state index < -0.39 is 0 Å². The molecule has 0 amide bonds. The molecule has 0 aliphatic carbocycles. The fraction of sp³-hybridized carbons (Fsp3) is 0.667. The number of nitrogens with zero attached hydrogens (tertiary/aromatic N) is 1. The lowest BCUT2D eigenvalue weighted by molar-refractivity contribution is 0.161. The highest BCUT2D eigenvalue weighted by atomic mass is 35.5. The summed E-state index contributed by atoms with van der Waals surface area (Å²) >= 11 is 6.29. The zero-order valence-corrected chi connectivity index (χ0v) is 14.9. The van der Waals surface area contributed by atoms with Crippen molar-refractivity contribution in [3.05, 3.63) is 22.7 Å². The summed E-state index contributed by atoms with van der Waals surface area (Å²) in [5.74, 6) is 1.47. The molecule has 1 fully saturated rings. The molecular formula is C18H27ClN2O2. The van der Waals surface area contributed by atoms with Crippen molar-refractivity contribution >= 4 is 11.6 Å². The third-order valence-corrected chi connectivity index (χ3v) is 5.04. The van der Waals surface area contributed by atoms with Gasteiger partial charge in [0.15, 0.2) is 11.5 Å². The summed E-state index contributed by atoms with van der Waals surface area (Å²) in [6.45, 7) is 9.10. The van der Waals surface area contributed by atoms with Gasteiger partial charge in [-0.05, 0) is 70.4 Å². The number of benzene rings is 1. The fourth-order valence-electron chi connectivity index (χ4n) is 3.35. The number of likely N-dealkylation sites (tertiary alicyclic amines) is 1. The first-order valence-corrected chi connectivity index (χ1v) is 9.06. The van der Waals surface area contributed by atoms with Crippen LogP contribution in [0.4, 0.5) is 0 Å². The summed E-state index contributed by atoms with van der Waals surface area (Å²) in [5, 5.41) is 4.34. The van der Waals surface area contributed by atoms with Crippen molar-refractivity contribution in [3.63, 3.8) is 0 Å². The highest BCUT2D eigenvalue weighted by Crippen LogP contribution is 2.38. The van der Waals surface area contributed by atoms with Crippen molar-refractivity contribution in [1.82, 2.24) is 10.2 Å². The van der Waals surface area contributed by atoms with Gasteiger partial charge in [0.05, 0.1) is 5.02 Å². The van der Waals surface area contributed by atoms with Crippen molar-refractivity contribution < 1.29 is 9.47 Å². The lowest BCUT2D eigenvalue weighted by atomic mass is 10.0. The summed E-state index contributed by atoms with van der Waals surface area (Å²) in [5.41, 5.74) is 1.20. The Balaban J connectivity index is 1.47. The van der Waals surface area contributed by atoms with E-state index in [9.17, 15) is 0 Å². The van der Waals surface area contributed by atoms with Crippen LogP contribution >= 0.6 is 11.6 Å². The molecule has 2 aliphatic rings. The van der Waals surface area contributed by atoms with E-state index in [0.717, 1.165) is 18.7 Å². The van der Waals surface area contributed by atoms with Gasteiger partial charge in [0.2, 0.25) is 0 Å². The Morgan fingerprint density at radius 2 is 1.96 bits per heavy atom. The average molecular weight is 339 g/mol. The van der Waals surface area contributed by atoms with Crippen LogP contribution in [-0.4, -0.2) is 49.8 Å². The van der Waals surface area contributed by atoms with Crippen molar-refractivity contribution in [2.24, 2.45) is 0 Å². The van der Waals surface area contributed by atoms with Crippen LogP contribution in [-0.2, 0) is 6.42 Å². The average Bonchev–Trinajstić information content (AvgIpc) is 2.55. The summed E-state index contributed by atoms with van der Waals surface area (Å²) in [6.07, 6.45) is 3.43. The molecule has 2 heterocycles. The molecule has 2 aliphatic heterocycles. The maximum Gasteiger partial charge on any atom is 0.179 e. The van der Waals surface area contributed by atoms with Gasteiger partial charge in [0.1, 0.15) is 13.2 Å². The van der Waals surface area contributed by atoms with Crippen LogP contribution in [0.15, 0.2) is 12.1 Å². The van der Waals surface area contributed by atoms with Crippen LogP contribution in [0.1, 0.15) is 32.3 Å². The Kier molecular flexibility index (Phi) is 5.67. The molecule has 1 aromatic carbocycles. The van der Waals surface area contributed by atoms with E-state index in [0.29, 0.717) is 36.1 Å². The Morgan fingerprint density at radius 3 is 2.70 bits per heavy atom. The topological polar surface area (TPSA) is 33.7 Å². The van der Waals surface area contributed by atoms with E-state index in [1.54, 1.807) is 0 Å². The standard InChI is InChI=1S/C18H27ClN2O2/c1-13(2)21-7-4-15(5-8-21)20-6-3-14-11-16(19)18-17(12-14)22-9-10-23-18/h11-13,15,20H,3-10H2,1-2H3. The minimum absolute atomic E-state index is 0.572. The molecule has 0 bridgehead atoms. The maximum atomic E-state index is 6.29. The number of hydrogen-bond donors (Lipinski definition) is 1. The number of ether oxygens (including phenoxy) is 2. The third-order valence-electron chi connectivity index (χ3n) is 4.76. The third kappa shape index (κ3) is 4.31. The van der Waals surface area contributed by atoms with Gasteiger partial charge in [-0.15, -0.1) is 0 Å². The molecule has 1 aromatic rings. The van der Waals surface area contributed by atoms with Gasteiger partial charge in [0, 0.05) is 12.1 Å². The first-order valence-electron chi connectivity index (χ1n) is 8.69. The normalized spacial score (nSPS) is 19.3. The minimum Gasteiger partial charge on any atom is -0.486 e. The second-order valence-corrected chi connectivity index (χ2v) is 7.12. The summed E-state index contributed by atoms with van der Waals surface area (Å²) < 4.78 is 11.2. The lowest BCUT2D eigenvalue weighted by Crippen LogP contribution is -2.45. The van der Waals surface area contributed by atoms with Crippen LogP contribution in [0.25, 0.3) is 0 Å². The molecule has 1 saturated heterocycles. The van der Waals surface area contributed by atoms with Gasteiger partial charge in [-0.25, -0.2) is 0 Å². The molecule has 0 atom stereocenters. The molecule has 1 N–H and O–H groups in total. The molecule has 0 spiro atoms. The molecule has 23 heavy (non-hydrogen) atoms. The molecule has 0 saturated carbocycles. The van der Waals surface area contributed by atoms with Crippen molar-refractivity contribution in [1.29, 1.82) is 0 Å². The van der Waals surface area contributed by atoms with Gasteiger partial charge in [0.25, 0.3) is 0 Å². The minimum atomic E-state index is 0.572. The summed E-state index contributed by atoms with van der Waals surface area (Å²) in [7, 11) is 0. The first kappa shape index (κ1) is 16.9. The van der Waals surface area contributed by atoms with E-state index in [1.165, 1.54) is 31.5 Å². The van der Waals surface area contributed by atoms with Gasteiger partial charge in [-0.3, -0.25) is 0 Å². The predicted molar refractivity (Wildman–Crippen MR) is 93.9 cm³/mol. The van der Waals surface area contributed by atoms with Crippen LogP contribution < -0.4 is 14.8 Å². The molecule has 128 valence electrons. The maximum absolute atomic E-state index is 6.29. The lowest BCUT2D eigenvalue weighted by Gasteiger charge is -2.35. The van der Waals surface area contributed by atoms with Gasteiger partial charge >= 0.3 is 0 Å². The van der Waals surface area contributed by atoms with Crippen LogP contribution in [0.2, 0.25) is 5.02 Å². The number of nitrogens with one attached hydrogen (secondary N) is 1. The first-order chi connectivity index (χ1) is 11.1. The largest absolute Gasteiger partial charge is 0.486 e. The molecule has 0 aromatic heterocycles. The smallest absolute Gasteiger partial charge is 0.179 e. The van der Waals surface area contributed by atoms with Crippen molar-refractivity contribution in [2.75, 3.05) is 32.8 Å². The van der Waals surface area contributed by atoms with Crippen LogP contribution in [0.3, 0.4) is 0 Å². The Bertz CT molecular complexity index is 528. The van der Waals surface area contributed by atoms with E-state index in [4.69, 9.17) is 21.1 Å². The molecular weight excluding hydrogens is 312 g/mol. The molecule has 5 heteroatoms. The second-order valence-electron chi connectivity index (χ2n) is 6.71. The second kappa shape index (κ2) is 7.73. The summed E-state index contributed by atoms with van der Waals surface area (Å²) in [6, 6.07) is 5.36. The molecule has 4 nitrogen and oxygen atoms in total. The van der Waals surface area contributed by atoms with E-state index >= 15 is 0 Å². The Labute approximate surface area is 144 Å². The number of halogens is 1. The SMILES string of the molecule is CC(C)N1CCC(NCCc2cc(Cl)c3c(c2)OCCO3)CC1. The Hall–Kier alpha value is -0.970. The van der Waals surface area contributed by atoms with Gasteiger partial charge in [-0.2, -0.15) is 0 Å². The highest BCUT2D eigenvalue weighted by molar-refractivity contribution is 6.32. The molecule has 3 rings (SSSR count). The van der Waals surface area contributed by atoms with E-state index in [1.807, 2.05) is 6.07 Å².